The van der Waals surface area contributed by atoms with Gasteiger partial charge in [-0.3, -0.25) is 0 Å². The highest BCUT2D eigenvalue weighted by molar-refractivity contribution is 6.31. The number of aromatic nitrogens is 2. The highest BCUT2D eigenvalue weighted by Crippen LogP contribution is 2.21. The first-order valence-corrected chi connectivity index (χ1v) is 5.57. The van der Waals surface area contributed by atoms with Crippen molar-refractivity contribution in [2.24, 2.45) is 0 Å². The fraction of sp³-hybridized carbons (Fsp3) is 0.182. The smallest absolute Gasteiger partial charge is 0.337 e. The van der Waals surface area contributed by atoms with Crippen LogP contribution in [0, 0.1) is 0 Å². The Hall–Kier alpha value is -2.08. The fourth-order valence-corrected chi connectivity index (χ4v) is 1.63. The minimum atomic E-state index is -1.01. The Labute approximate surface area is 108 Å². The number of halogens is 1. The second-order valence-electron chi connectivity index (χ2n) is 3.51. The lowest BCUT2D eigenvalue weighted by atomic mass is 10.2. The van der Waals surface area contributed by atoms with Crippen LogP contribution >= 0.6 is 11.6 Å². The van der Waals surface area contributed by atoms with Crippen molar-refractivity contribution in [1.82, 2.24) is 10.1 Å². The minimum Gasteiger partial charge on any atom is -0.478 e. The predicted molar refractivity (Wildman–Crippen MR) is 64.9 cm³/mol. The first-order valence-electron chi connectivity index (χ1n) is 5.19. The second kappa shape index (κ2) is 5.50. The summed E-state index contributed by atoms with van der Waals surface area (Å²) in [6.45, 7) is 0.475. The summed E-state index contributed by atoms with van der Waals surface area (Å²) in [5, 5.41) is 15.9. The van der Waals surface area contributed by atoms with Crippen molar-refractivity contribution in [3.8, 4) is 0 Å². The van der Waals surface area contributed by atoms with E-state index in [1.54, 1.807) is 6.07 Å². The lowest BCUT2D eigenvalue weighted by Gasteiger charge is -2.08. The third-order valence-corrected chi connectivity index (χ3v) is 2.51. The molecule has 18 heavy (non-hydrogen) atoms. The van der Waals surface area contributed by atoms with E-state index in [0.29, 0.717) is 29.6 Å². The molecule has 94 valence electrons. The van der Waals surface area contributed by atoms with Crippen LogP contribution < -0.4 is 5.32 Å². The van der Waals surface area contributed by atoms with Crippen LogP contribution in [0.2, 0.25) is 5.02 Å². The molecular weight excluding hydrogens is 258 g/mol. The molecule has 1 aromatic carbocycles. The summed E-state index contributed by atoms with van der Waals surface area (Å²) in [4.78, 5) is 14.9. The van der Waals surface area contributed by atoms with Gasteiger partial charge < -0.3 is 14.9 Å². The number of carbonyl (C=O) groups is 1. The van der Waals surface area contributed by atoms with E-state index >= 15 is 0 Å². The Kier molecular flexibility index (Phi) is 3.78. The molecule has 0 aliphatic heterocycles. The van der Waals surface area contributed by atoms with Crippen LogP contribution in [0.1, 0.15) is 16.2 Å². The molecule has 0 atom stereocenters. The van der Waals surface area contributed by atoms with Crippen molar-refractivity contribution in [3.05, 3.63) is 41.0 Å². The van der Waals surface area contributed by atoms with Gasteiger partial charge in [0.05, 0.1) is 11.3 Å². The molecule has 0 amide bonds. The van der Waals surface area contributed by atoms with Gasteiger partial charge in [0, 0.05) is 18.0 Å². The molecule has 2 N–H and O–H groups in total. The Bertz CT molecular complexity index is 542. The van der Waals surface area contributed by atoms with Crippen LogP contribution in [-0.4, -0.2) is 27.8 Å². The average Bonchev–Trinajstić information content (AvgIpc) is 2.82. The number of aromatic carboxylic acids is 1. The molecule has 0 aliphatic carbocycles. The van der Waals surface area contributed by atoms with E-state index in [9.17, 15) is 4.79 Å². The Morgan fingerprint density at radius 1 is 1.50 bits per heavy atom. The SMILES string of the molecule is O=C(O)c1ccc(Cl)cc1NCCc1ncno1. The normalized spacial score (nSPS) is 10.3. The highest BCUT2D eigenvalue weighted by Gasteiger charge is 2.10. The molecule has 2 aromatic rings. The van der Waals surface area contributed by atoms with Gasteiger partial charge in [0.25, 0.3) is 0 Å². The molecule has 0 spiro atoms. The van der Waals surface area contributed by atoms with E-state index in [2.05, 4.69) is 15.5 Å². The molecule has 0 unspecified atom stereocenters. The number of hydrogen-bond acceptors (Lipinski definition) is 5. The summed E-state index contributed by atoms with van der Waals surface area (Å²) in [6.07, 6.45) is 1.82. The van der Waals surface area contributed by atoms with Crippen LogP contribution in [0.5, 0.6) is 0 Å². The van der Waals surface area contributed by atoms with Crippen molar-refractivity contribution in [2.75, 3.05) is 11.9 Å². The number of nitrogens with zero attached hydrogens (tertiary/aromatic N) is 2. The van der Waals surface area contributed by atoms with Crippen molar-refractivity contribution in [2.45, 2.75) is 6.42 Å². The number of nitrogens with one attached hydrogen (secondary N) is 1. The molecule has 1 heterocycles. The fourth-order valence-electron chi connectivity index (χ4n) is 1.46. The van der Waals surface area contributed by atoms with Crippen LogP contribution in [-0.2, 0) is 6.42 Å². The Morgan fingerprint density at radius 2 is 2.33 bits per heavy atom. The van der Waals surface area contributed by atoms with Gasteiger partial charge >= 0.3 is 5.97 Å². The Balaban J connectivity index is 2.03. The zero-order valence-corrected chi connectivity index (χ0v) is 10.0. The molecule has 0 radical (unpaired) electrons. The van der Waals surface area contributed by atoms with Gasteiger partial charge in [0.2, 0.25) is 5.89 Å². The van der Waals surface area contributed by atoms with Gasteiger partial charge in [-0.25, -0.2) is 4.79 Å². The summed E-state index contributed by atoms with van der Waals surface area (Å²) >= 11 is 5.83. The molecule has 0 fully saturated rings. The topological polar surface area (TPSA) is 88.2 Å². The van der Waals surface area contributed by atoms with Crippen LogP contribution in [0.4, 0.5) is 5.69 Å². The van der Waals surface area contributed by atoms with Crippen LogP contribution in [0.15, 0.2) is 29.0 Å². The molecule has 0 aliphatic rings. The van der Waals surface area contributed by atoms with E-state index in [1.807, 2.05) is 0 Å². The van der Waals surface area contributed by atoms with E-state index in [1.165, 1.54) is 18.5 Å². The van der Waals surface area contributed by atoms with Crippen LogP contribution in [0.3, 0.4) is 0 Å². The maximum Gasteiger partial charge on any atom is 0.337 e. The summed E-state index contributed by atoms with van der Waals surface area (Å²) in [5.41, 5.74) is 0.638. The zero-order valence-electron chi connectivity index (χ0n) is 9.26. The summed E-state index contributed by atoms with van der Waals surface area (Å²) in [5.74, 6) is -0.520. The Morgan fingerprint density at radius 3 is 3.00 bits per heavy atom. The van der Waals surface area contributed by atoms with Gasteiger partial charge in [0.15, 0.2) is 6.33 Å². The average molecular weight is 268 g/mol. The third kappa shape index (κ3) is 2.98. The summed E-state index contributed by atoms with van der Waals surface area (Å²) < 4.78 is 4.83. The zero-order chi connectivity index (χ0) is 13.0. The maximum atomic E-state index is 11.0. The second-order valence-corrected chi connectivity index (χ2v) is 3.94. The molecule has 0 saturated heterocycles. The maximum absolute atomic E-state index is 11.0. The molecule has 6 nitrogen and oxygen atoms in total. The first-order chi connectivity index (χ1) is 8.66. The quantitative estimate of drug-likeness (QED) is 0.862. The van der Waals surface area contributed by atoms with E-state index in [0.717, 1.165) is 0 Å². The van der Waals surface area contributed by atoms with Gasteiger partial charge in [-0.15, -0.1) is 0 Å². The van der Waals surface area contributed by atoms with E-state index in [4.69, 9.17) is 21.2 Å². The molecule has 2 rings (SSSR count). The lowest BCUT2D eigenvalue weighted by molar-refractivity contribution is 0.0698. The molecule has 7 heteroatoms. The number of anilines is 1. The number of hydrogen-bond donors (Lipinski definition) is 2. The predicted octanol–water partition coefficient (Wildman–Crippen LogP) is 2.08. The largest absolute Gasteiger partial charge is 0.478 e. The third-order valence-electron chi connectivity index (χ3n) is 2.27. The van der Waals surface area contributed by atoms with Crippen molar-refractivity contribution < 1.29 is 14.4 Å². The number of carboxylic acids is 1. The molecule has 0 saturated carbocycles. The molecular formula is C11H10ClN3O3. The number of benzene rings is 1. The first kappa shape index (κ1) is 12.4. The van der Waals surface area contributed by atoms with Gasteiger partial charge in [-0.05, 0) is 18.2 Å². The van der Waals surface area contributed by atoms with E-state index in [-0.39, 0.29) is 5.56 Å². The highest BCUT2D eigenvalue weighted by atomic mass is 35.5. The number of carboxylic acid groups (broad SMARTS) is 1. The molecule has 1 aromatic heterocycles. The monoisotopic (exact) mass is 267 g/mol. The van der Waals surface area contributed by atoms with Crippen molar-refractivity contribution >= 4 is 23.3 Å². The van der Waals surface area contributed by atoms with E-state index < -0.39 is 5.97 Å². The lowest BCUT2D eigenvalue weighted by Crippen LogP contribution is -2.09. The standard InChI is InChI=1S/C11H10ClN3O3/c12-7-1-2-8(11(16)17)9(5-7)13-4-3-10-14-6-15-18-10/h1-2,5-6,13H,3-4H2,(H,16,17). The van der Waals surface area contributed by atoms with Crippen LogP contribution in [0.25, 0.3) is 0 Å². The number of rotatable bonds is 5. The minimum absolute atomic E-state index is 0.171. The van der Waals surface area contributed by atoms with Gasteiger partial charge in [0.1, 0.15) is 0 Å². The summed E-state index contributed by atoms with van der Waals surface area (Å²) in [6, 6.07) is 4.56. The van der Waals surface area contributed by atoms with Gasteiger partial charge in [-0.2, -0.15) is 4.98 Å². The van der Waals surface area contributed by atoms with Crippen molar-refractivity contribution in [3.63, 3.8) is 0 Å². The van der Waals surface area contributed by atoms with Gasteiger partial charge in [-0.1, -0.05) is 16.8 Å². The summed E-state index contributed by atoms with van der Waals surface area (Å²) in [7, 11) is 0. The van der Waals surface area contributed by atoms with Crippen molar-refractivity contribution in [1.29, 1.82) is 0 Å². The molecule has 0 bridgehead atoms.